The standard InChI is InChI=1S/C13H10ClFN2S/c14-11-4-3-9(10(6-16)12(11)15)13-8(7-18)2-1-5-17-13/h1-5,7H,6,16H2. The molecular formula is C13H10ClFN2S. The van der Waals surface area contributed by atoms with Crippen LogP contribution in [0.2, 0.25) is 5.02 Å². The van der Waals surface area contributed by atoms with Crippen LogP contribution >= 0.6 is 23.8 Å². The molecule has 0 unspecified atom stereocenters. The van der Waals surface area contributed by atoms with E-state index < -0.39 is 5.82 Å². The van der Waals surface area contributed by atoms with Crippen LogP contribution < -0.4 is 5.73 Å². The first-order chi connectivity index (χ1) is 8.69. The van der Waals surface area contributed by atoms with Gasteiger partial charge in [-0.2, -0.15) is 0 Å². The number of hydrogen-bond acceptors (Lipinski definition) is 3. The summed E-state index contributed by atoms with van der Waals surface area (Å²) in [5, 5.41) is 1.56. The normalized spacial score (nSPS) is 10.4. The summed E-state index contributed by atoms with van der Waals surface area (Å²) in [7, 11) is 0. The van der Waals surface area contributed by atoms with E-state index in [-0.39, 0.29) is 11.6 Å². The molecular weight excluding hydrogens is 271 g/mol. The highest BCUT2D eigenvalue weighted by Crippen LogP contribution is 2.29. The molecule has 2 aromatic rings. The number of rotatable bonds is 3. The van der Waals surface area contributed by atoms with Gasteiger partial charge in [0.1, 0.15) is 5.82 Å². The second-order valence-electron chi connectivity index (χ2n) is 3.65. The fourth-order valence-electron chi connectivity index (χ4n) is 1.75. The molecule has 0 aliphatic rings. The average molecular weight is 281 g/mol. The molecule has 0 atom stereocenters. The van der Waals surface area contributed by atoms with Gasteiger partial charge in [0.05, 0.1) is 10.7 Å². The third kappa shape index (κ3) is 2.27. The Morgan fingerprint density at radius 1 is 1.39 bits per heavy atom. The van der Waals surface area contributed by atoms with E-state index in [0.29, 0.717) is 16.8 Å². The first-order valence-electron chi connectivity index (χ1n) is 5.26. The number of nitrogens with two attached hydrogens (primary N) is 1. The van der Waals surface area contributed by atoms with Crippen LogP contribution in [0.3, 0.4) is 0 Å². The Balaban J connectivity index is 2.71. The minimum absolute atomic E-state index is 0.0508. The number of pyridine rings is 1. The van der Waals surface area contributed by atoms with Gasteiger partial charge >= 0.3 is 0 Å². The lowest BCUT2D eigenvalue weighted by atomic mass is 10.0. The van der Waals surface area contributed by atoms with Gasteiger partial charge in [-0.3, -0.25) is 4.98 Å². The fraction of sp³-hybridized carbons (Fsp3) is 0.0769. The van der Waals surface area contributed by atoms with Crippen LogP contribution in [0.15, 0.2) is 30.5 Å². The first kappa shape index (κ1) is 13.1. The molecule has 2 rings (SSSR count). The molecule has 0 aliphatic carbocycles. The molecule has 2 N–H and O–H groups in total. The van der Waals surface area contributed by atoms with Gasteiger partial charge in [0.2, 0.25) is 0 Å². The average Bonchev–Trinajstić information content (AvgIpc) is 2.41. The molecule has 5 heteroatoms. The monoisotopic (exact) mass is 280 g/mol. The van der Waals surface area contributed by atoms with Gasteiger partial charge in [-0.15, -0.1) is 0 Å². The van der Waals surface area contributed by atoms with E-state index in [2.05, 4.69) is 4.98 Å². The third-order valence-electron chi connectivity index (χ3n) is 2.62. The Hall–Kier alpha value is -1.36. The molecule has 92 valence electrons. The maximum absolute atomic E-state index is 13.9. The molecule has 0 aliphatic heterocycles. The SMILES string of the molecule is NCc1c(-c2ncccc2C=S)ccc(Cl)c1F. The Labute approximate surface area is 115 Å². The number of nitrogens with zero attached hydrogens (tertiary/aromatic N) is 1. The van der Waals surface area contributed by atoms with Crippen molar-refractivity contribution in [2.45, 2.75) is 6.54 Å². The molecule has 1 heterocycles. The molecule has 18 heavy (non-hydrogen) atoms. The molecule has 2 nitrogen and oxygen atoms in total. The van der Waals surface area contributed by atoms with E-state index in [1.807, 2.05) is 6.07 Å². The molecule has 0 saturated heterocycles. The van der Waals surface area contributed by atoms with Crippen molar-refractivity contribution in [3.63, 3.8) is 0 Å². The Morgan fingerprint density at radius 3 is 2.83 bits per heavy atom. The van der Waals surface area contributed by atoms with Crippen molar-refractivity contribution in [2.75, 3.05) is 0 Å². The van der Waals surface area contributed by atoms with Gasteiger partial charge in [0, 0.05) is 34.8 Å². The van der Waals surface area contributed by atoms with Gasteiger partial charge < -0.3 is 5.73 Å². The van der Waals surface area contributed by atoms with E-state index >= 15 is 0 Å². The highest BCUT2D eigenvalue weighted by atomic mass is 35.5. The maximum Gasteiger partial charge on any atom is 0.146 e. The zero-order valence-electron chi connectivity index (χ0n) is 9.36. The summed E-state index contributed by atoms with van der Waals surface area (Å²) >= 11 is 10.7. The summed E-state index contributed by atoms with van der Waals surface area (Å²) in [6, 6.07) is 6.80. The molecule has 0 saturated carbocycles. The van der Waals surface area contributed by atoms with Gasteiger partial charge in [-0.1, -0.05) is 36.0 Å². The Morgan fingerprint density at radius 2 is 2.17 bits per heavy atom. The summed E-state index contributed by atoms with van der Waals surface area (Å²) in [5.74, 6) is -0.502. The van der Waals surface area contributed by atoms with Crippen molar-refractivity contribution in [1.82, 2.24) is 4.98 Å². The Bertz CT molecular complexity index is 602. The zero-order chi connectivity index (χ0) is 13.1. The Kier molecular flexibility index (Phi) is 4.01. The summed E-state index contributed by atoms with van der Waals surface area (Å²) in [6.45, 7) is 0.0508. The van der Waals surface area contributed by atoms with Gasteiger partial charge in [-0.05, 0) is 12.1 Å². The smallest absolute Gasteiger partial charge is 0.146 e. The summed E-state index contributed by atoms with van der Waals surface area (Å²) in [4.78, 5) is 4.24. The molecule has 0 amide bonds. The van der Waals surface area contributed by atoms with Crippen LogP contribution in [0.5, 0.6) is 0 Å². The van der Waals surface area contributed by atoms with Gasteiger partial charge in [-0.25, -0.2) is 4.39 Å². The molecule has 0 radical (unpaired) electrons. The van der Waals surface area contributed by atoms with E-state index in [4.69, 9.17) is 29.6 Å². The number of hydrogen-bond donors (Lipinski definition) is 1. The summed E-state index contributed by atoms with van der Waals surface area (Å²) < 4.78 is 13.9. The van der Waals surface area contributed by atoms with Crippen molar-refractivity contribution in [3.05, 3.63) is 52.4 Å². The summed E-state index contributed by atoms with van der Waals surface area (Å²) in [6.07, 6.45) is 1.63. The van der Waals surface area contributed by atoms with Crippen LogP contribution in [0.4, 0.5) is 4.39 Å². The fourth-order valence-corrected chi connectivity index (χ4v) is 2.12. The van der Waals surface area contributed by atoms with Crippen LogP contribution in [-0.4, -0.2) is 10.4 Å². The van der Waals surface area contributed by atoms with E-state index in [0.717, 1.165) is 5.56 Å². The van der Waals surface area contributed by atoms with Crippen molar-refractivity contribution in [3.8, 4) is 11.3 Å². The van der Waals surface area contributed by atoms with E-state index in [1.165, 1.54) is 11.4 Å². The topological polar surface area (TPSA) is 38.9 Å². The van der Waals surface area contributed by atoms with Crippen LogP contribution in [0.25, 0.3) is 11.3 Å². The van der Waals surface area contributed by atoms with Crippen molar-refractivity contribution < 1.29 is 4.39 Å². The predicted molar refractivity (Wildman–Crippen MR) is 75.3 cm³/mol. The first-order valence-corrected chi connectivity index (χ1v) is 6.11. The highest BCUT2D eigenvalue weighted by Gasteiger charge is 2.15. The third-order valence-corrected chi connectivity index (χ3v) is 3.17. The maximum atomic E-state index is 13.9. The second-order valence-corrected chi connectivity index (χ2v) is 4.29. The lowest BCUT2D eigenvalue weighted by Gasteiger charge is -2.11. The molecule has 0 fully saturated rings. The predicted octanol–water partition coefficient (Wildman–Crippen LogP) is 3.35. The second kappa shape index (κ2) is 5.52. The number of benzene rings is 1. The van der Waals surface area contributed by atoms with Crippen molar-refractivity contribution in [1.29, 1.82) is 0 Å². The van der Waals surface area contributed by atoms with Crippen molar-refractivity contribution in [2.24, 2.45) is 5.73 Å². The molecule has 0 bridgehead atoms. The minimum atomic E-state index is -0.502. The molecule has 0 spiro atoms. The molecule has 1 aromatic heterocycles. The lowest BCUT2D eigenvalue weighted by Crippen LogP contribution is -2.05. The van der Waals surface area contributed by atoms with Crippen LogP contribution in [0, 0.1) is 5.82 Å². The van der Waals surface area contributed by atoms with Crippen LogP contribution in [-0.2, 0) is 6.54 Å². The highest BCUT2D eigenvalue weighted by molar-refractivity contribution is 7.79. The van der Waals surface area contributed by atoms with Gasteiger partial charge in [0.15, 0.2) is 0 Å². The minimum Gasteiger partial charge on any atom is -0.326 e. The summed E-state index contributed by atoms with van der Waals surface area (Å²) in [5.41, 5.74) is 7.92. The van der Waals surface area contributed by atoms with Gasteiger partial charge in [0.25, 0.3) is 0 Å². The molecule has 1 aromatic carbocycles. The van der Waals surface area contributed by atoms with Crippen molar-refractivity contribution >= 4 is 29.2 Å². The van der Waals surface area contributed by atoms with E-state index in [9.17, 15) is 4.39 Å². The largest absolute Gasteiger partial charge is 0.326 e. The quantitative estimate of drug-likeness (QED) is 0.877. The zero-order valence-corrected chi connectivity index (χ0v) is 10.9. The number of aromatic nitrogens is 1. The van der Waals surface area contributed by atoms with Crippen LogP contribution in [0.1, 0.15) is 11.1 Å². The lowest BCUT2D eigenvalue weighted by molar-refractivity contribution is 0.612. The number of halogens is 2. The number of thiocarbonyl (C=S) groups is 1. The van der Waals surface area contributed by atoms with E-state index in [1.54, 1.807) is 18.3 Å².